The molecular formula is C14H28N2O. The molecule has 17 heavy (non-hydrogen) atoms. The highest BCUT2D eigenvalue weighted by Crippen LogP contribution is 2.37. The molecule has 2 aliphatic rings. The minimum atomic E-state index is 0.388. The lowest BCUT2D eigenvalue weighted by molar-refractivity contribution is -0.0537. The maximum atomic E-state index is 5.79. The van der Waals surface area contributed by atoms with Gasteiger partial charge in [0.1, 0.15) is 0 Å². The van der Waals surface area contributed by atoms with E-state index in [-0.39, 0.29) is 0 Å². The van der Waals surface area contributed by atoms with Crippen molar-refractivity contribution in [1.82, 2.24) is 10.2 Å². The number of morpholine rings is 1. The van der Waals surface area contributed by atoms with Crippen molar-refractivity contribution in [2.45, 2.75) is 51.7 Å². The first-order valence-corrected chi connectivity index (χ1v) is 7.11. The summed E-state index contributed by atoms with van der Waals surface area (Å²) in [5.41, 5.74) is 0.541. The first kappa shape index (κ1) is 13.3. The molecular weight excluding hydrogens is 212 g/mol. The fourth-order valence-corrected chi connectivity index (χ4v) is 3.39. The average Bonchev–Trinajstić information content (AvgIpc) is 2.28. The third kappa shape index (κ3) is 3.67. The van der Waals surface area contributed by atoms with Crippen molar-refractivity contribution in [3.63, 3.8) is 0 Å². The van der Waals surface area contributed by atoms with Gasteiger partial charge >= 0.3 is 0 Å². The number of likely N-dealkylation sites (N-methyl/N-ethyl adjacent to an activating group) is 1. The second-order valence-electron chi connectivity index (χ2n) is 6.46. The van der Waals surface area contributed by atoms with Crippen LogP contribution in [0.3, 0.4) is 0 Å². The largest absolute Gasteiger partial charge is 0.374 e. The smallest absolute Gasteiger partial charge is 0.0826 e. The fourth-order valence-electron chi connectivity index (χ4n) is 3.39. The van der Waals surface area contributed by atoms with Crippen molar-refractivity contribution < 1.29 is 4.74 Å². The molecule has 2 atom stereocenters. The van der Waals surface area contributed by atoms with E-state index in [1.807, 2.05) is 7.05 Å². The zero-order chi connectivity index (χ0) is 12.3. The number of hydrogen-bond acceptors (Lipinski definition) is 3. The Bertz CT molecular complexity index is 240. The molecule has 1 aliphatic carbocycles. The van der Waals surface area contributed by atoms with Crippen LogP contribution in [0.5, 0.6) is 0 Å². The van der Waals surface area contributed by atoms with E-state index in [9.17, 15) is 0 Å². The molecule has 0 bridgehead atoms. The molecule has 3 nitrogen and oxygen atoms in total. The van der Waals surface area contributed by atoms with Crippen LogP contribution in [-0.2, 0) is 4.74 Å². The number of ether oxygens (including phenoxy) is 1. The highest BCUT2D eigenvalue weighted by molar-refractivity contribution is 4.87. The van der Waals surface area contributed by atoms with Crippen LogP contribution in [0.2, 0.25) is 0 Å². The summed E-state index contributed by atoms with van der Waals surface area (Å²) in [6, 6.07) is 0.794. The Morgan fingerprint density at radius 2 is 2.24 bits per heavy atom. The molecule has 0 radical (unpaired) electrons. The summed E-state index contributed by atoms with van der Waals surface area (Å²) in [4.78, 5) is 2.67. The quantitative estimate of drug-likeness (QED) is 0.815. The highest BCUT2D eigenvalue weighted by atomic mass is 16.5. The minimum Gasteiger partial charge on any atom is -0.374 e. The van der Waals surface area contributed by atoms with Crippen LogP contribution >= 0.6 is 0 Å². The summed E-state index contributed by atoms with van der Waals surface area (Å²) in [5.74, 6) is 0. The van der Waals surface area contributed by atoms with Crippen molar-refractivity contribution in [2.75, 3.05) is 33.3 Å². The van der Waals surface area contributed by atoms with Gasteiger partial charge in [-0.15, -0.1) is 0 Å². The molecule has 0 amide bonds. The van der Waals surface area contributed by atoms with Crippen molar-refractivity contribution in [3.05, 3.63) is 0 Å². The van der Waals surface area contributed by atoms with E-state index >= 15 is 0 Å². The predicted octanol–water partition coefficient (Wildman–Crippen LogP) is 1.88. The standard InChI is InChI=1S/C14H28N2O/c1-14(2)6-4-5-12(9-14)16-7-8-17-13(11-16)10-15-3/h12-13,15H,4-11H2,1-3H3. The van der Waals surface area contributed by atoms with E-state index in [1.54, 1.807) is 0 Å². The molecule has 1 aliphatic heterocycles. The van der Waals surface area contributed by atoms with Crippen LogP contribution in [0.4, 0.5) is 0 Å². The number of nitrogens with one attached hydrogen (secondary N) is 1. The maximum Gasteiger partial charge on any atom is 0.0826 e. The molecule has 2 rings (SSSR count). The number of nitrogens with zero attached hydrogens (tertiary/aromatic N) is 1. The highest BCUT2D eigenvalue weighted by Gasteiger charge is 2.33. The molecule has 2 fully saturated rings. The van der Waals surface area contributed by atoms with Crippen molar-refractivity contribution in [1.29, 1.82) is 0 Å². The lowest BCUT2D eigenvalue weighted by Gasteiger charge is -2.44. The van der Waals surface area contributed by atoms with Gasteiger partial charge in [-0.05, 0) is 31.7 Å². The van der Waals surface area contributed by atoms with Crippen molar-refractivity contribution in [3.8, 4) is 0 Å². The van der Waals surface area contributed by atoms with Gasteiger partial charge in [0.25, 0.3) is 0 Å². The van der Waals surface area contributed by atoms with E-state index in [4.69, 9.17) is 4.74 Å². The van der Waals surface area contributed by atoms with Crippen LogP contribution in [0, 0.1) is 5.41 Å². The summed E-state index contributed by atoms with van der Waals surface area (Å²) in [6.07, 6.45) is 5.92. The van der Waals surface area contributed by atoms with Gasteiger partial charge in [0.05, 0.1) is 12.7 Å². The molecule has 2 unspecified atom stereocenters. The van der Waals surface area contributed by atoms with Crippen LogP contribution < -0.4 is 5.32 Å². The summed E-state index contributed by atoms with van der Waals surface area (Å²) in [7, 11) is 2.01. The summed E-state index contributed by atoms with van der Waals surface area (Å²) < 4.78 is 5.79. The molecule has 0 aromatic rings. The van der Waals surface area contributed by atoms with E-state index in [1.165, 1.54) is 25.7 Å². The van der Waals surface area contributed by atoms with E-state index in [0.717, 1.165) is 32.3 Å². The first-order chi connectivity index (χ1) is 8.11. The molecule has 0 aromatic carbocycles. The summed E-state index contributed by atoms with van der Waals surface area (Å²) >= 11 is 0. The third-order valence-corrected chi connectivity index (χ3v) is 4.30. The lowest BCUT2D eigenvalue weighted by Crippen LogP contribution is -2.52. The molecule has 0 aromatic heterocycles. The molecule has 1 heterocycles. The zero-order valence-corrected chi connectivity index (χ0v) is 11.7. The monoisotopic (exact) mass is 240 g/mol. The fraction of sp³-hybridized carbons (Fsp3) is 1.00. The SMILES string of the molecule is CNCC1CN(C2CCCC(C)(C)C2)CCO1. The Morgan fingerprint density at radius 1 is 1.41 bits per heavy atom. The van der Waals surface area contributed by atoms with E-state index in [0.29, 0.717) is 11.5 Å². The molecule has 100 valence electrons. The van der Waals surface area contributed by atoms with Crippen LogP contribution in [0.1, 0.15) is 39.5 Å². The molecule has 1 N–H and O–H groups in total. The van der Waals surface area contributed by atoms with Gasteiger partial charge in [0.2, 0.25) is 0 Å². The van der Waals surface area contributed by atoms with Crippen LogP contribution in [-0.4, -0.2) is 50.3 Å². The summed E-state index contributed by atoms with van der Waals surface area (Å²) in [5, 5.41) is 3.23. The van der Waals surface area contributed by atoms with Gasteiger partial charge in [0.15, 0.2) is 0 Å². The number of hydrogen-bond donors (Lipinski definition) is 1. The number of rotatable bonds is 3. The third-order valence-electron chi connectivity index (χ3n) is 4.30. The predicted molar refractivity (Wildman–Crippen MR) is 71.3 cm³/mol. The van der Waals surface area contributed by atoms with Crippen molar-refractivity contribution in [2.24, 2.45) is 5.41 Å². The lowest BCUT2D eigenvalue weighted by atomic mass is 9.74. The van der Waals surface area contributed by atoms with Crippen molar-refractivity contribution >= 4 is 0 Å². The second kappa shape index (κ2) is 5.68. The summed E-state index contributed by atoms with van der Waals surface area (Å²) in [6.45, 7) is 8.97. The Kier molecular flexibility index (Phi) is 4.45. The first-order valence-electron chi connectivity index (χ1n) is 7.11. The van der Waals surface area contributed by atoms with E-state index < -0.39 is 0 Å². The topological polar surface area (TPSA) is 24.5 Å². The van der Waals surface area contributed by atoms with Gasteiger partial charge in [-0.1, -0.05) is 20.3 Å². The average molecular weight is 240 g/mol. The van der Waals surface area contributed by atoms with Gasteiger partial charge in [-0.2, -0.15) is 0 Å². The van der Waals surface area contributed by atoms with Gasteiger partial charge < -0.3 is 10.1 Å². The normalized spacial score (nSPS) is 34.8. The van der Waals surface area contributed by atoms with E-state index in [2.05, 4.69) is 24.1 Å². The van der Waals surface area contributed by atoms with Gasteiger partial charge in [0, 0.05) is 25.7 Å². The molecule has 3 heteroatoms. The zero-order valence-electron chi connectivity index (χ0n) is 11.7. The minimum absolute atomic E-state index is 0.388. The Hall–Kier alpha value is -0.120. The molecule has 1 saturated heterocycles. The molecule has 1 saturated carbocycles. The van der Waals surface area contributed by atoms with Crippen LogP contribution in [0.15, 0.2) is 0 Å². The second-order valence-corrected chi connectivity index (χ2v) is 6.46. The molecule has 0 spiro atoms. The van der Waals surface area contributed by atoms with Crippen LogP contribution in [0.25, 0.3) is 0 Å². The van der Waals surface area contributed by atoms with Gasteiger partial charge in [-0.25, -0.2) is 0 Å². The van der Waals surface area contributed by atoms with Gasteiger partial charge in [-0.3, -0.25) is 4.90 Å². The maximum absolute atomic E-state index is 5.79. The Labute approximate surface area is 106 Å². The Morgan fingerprint density at radius 3 is 2.94 bits per heavy atom. The Balaban J connectivity index is 1.88.